The Morgan fingerprint density at radius 1 is 0.400 bits per heavy atom. The molecule has 0 bridgehead atoms. The molecule has 0 radical (unpaired) electrons. The summed E-state index contributed by atoms with van der Waals surface area (Å²) in [4.78, 5) is 7.49. The highest BCUT2D eigenvalue weighted by molar-refractivity contribution is 7.26. The molecule has 282 valence electrons. The number of fused-ring (bicyclic) bond motifs is 7. The molecule has 3 aromatic heterocycles. The van der Waals surface area contributed by atoms with E-state index in [-0.39, 0.29) is 0 Å². The molecule has 0 saturated heterocycles. The van der Waals surface area contributed by atoms with Gasteiger partial charge in [-0.25, -0.2) is 4.98 Å². The number of furan rings is 1. The first-order valence-corrected chi connectivity index (χ1v) is 20.9. The minimum Gasteiger partial charge on any atom is -0.456 e. The van der Waals surface area contributed by atoms with Gasteiger partial charge in [0, 0.05) is 65.2 Å². The summed E-state index contributed by atoms with van der Waals surface area (Å²) >= 11 is 1.86. The lowest BCUT2D eigenvalue weighted by molar-refractivity contribution is 0.617. The summed E-state index contributed by atoms with van der Waals surface area (Å²) in [5.74, 6) is 0.580. The van der Waals surface area contributed by atoms with Crippen LogP contribution in [0, 0.1) is 0 Å². The quantitative estimate of drug-likeness (QED) is 0.161. The van der Waals surface area contributed by atoms with Crippen LogP contribution in [0.25, 0.3) is 98.0 Å². The summed E-state index contributed by atoms with van der Waals surface area (Å²) in [6.07, 6.45) is 0. The number of nitrogens with zero attached hydrogens (tertiary/aromatic N) is 2. The van der Waals surface area contributed by atoms with Crippen LogP contribution in [0.1, 0.15) is 0 Å². The second kappa shape index (κ2) is 14.0. The van der Waals surface area contributed by atoms with E-state index in [2.05, 4.69) is 163 Å². The molecular weight excluding hydrogens is 753 g/mol. The fourth-order valence-corrected chi connectivity index (χ4v) is 9.94. The van der Waals surface area contributed by atoms with Gasteiger partial charge in [-0.15, -0.1) is 11.3 Å². The maximum Gasteiger partial charge on any atom is 0.227 e. The van der Waals surface area contributed by atoms with Crippen LogP contribution in [0.2, 0.25) is 0 Å². The third-order valence-corrected chi connectivity index (χ3v) is 12.7. The van der Waals surface area contributed by atoms with E-state index in [0.29, 0.717) is 11.5 Å². The van der Waals surface area contributed by atoms with Crippen molar-refractivity contribution in [2.75, 3.05) is 4.90 Å². The van der Waals surface area contributed by atoms with Crippen molar-refractivity contribution >= 4 is 81.6 Å². The van der Waals surface area contributed by atoms with Crippen LogP contribution in [0.4, 0.5) is 17.1 Å². The number of hydrogen-bond acceptors (Lipinski definition) is 5. The maximum atomic E-state index is 6.45. The van der Waals surface area contributed by atoms with Gasteiger partial charge in [-0.1, -0.05) is 140 Å². The Kier molecular flexibility index (Phi) is 8.00. The van der Waals surface area contributed by atoms with E-state index in [4.69, 9.17) is 13.8 Å². The molecule has 0 fully saturated rings. The Balaban J connectivity index is 1.02. The van der Waals surface area contributed by atoms with Crippen molar-refractivity contribution in [2.45, 2.75) is 0 Å². The van der Waals surface area contributed by atoms with Crippen LogP contribution in [0.15, 0.2) is 215 Å². The zero-order chi connectivity index (χ0) is 39.6. The number of anilines is 3. The highest BCUT2D eigenvalue weighted by Gasteiger charge is 2.22. The fourth-order valence-electron chi connectivity index (χ4n) is 8.70. The molecule has 0 spiro atoms. The van der Waals surface area contributed by atoms with Crippen LogP contribution < -0.4 is 4.90 Å². The maximum absolute atomic E-state index is 6.45. The predicted molar refractivity (Wildman–Crippen MR) is 251 cm³/mol. The number of aromatic nitrogens is 1. The molecule has 0 unspecified atom stereocenters. The minimum absolute atomic E-state index is 0.580. The van der Waals surface area contributed by atoms with E-state index >= 15 is 0 Å². The molecule has 5 heteroatoms. The Labute approximate surface area is 349 Å². The molecule has 4 nitrogen and oxygen atoms in total. The van der Waals surface area contributed by atoms with Crippen molar-refractivity contribution in [3.8, 4) is 44.8 Å². The van der Waals surface area contributed by atoms with Crippen molar-refractivity contribution in [3.05, 3.63) is 206 Å². The molecular formula is C55H34N2O2S. The fraction of sp³-hybridized carbons (Fsp3) is 0. The van der Waals surface area contributed by atoms with E-state index in [1.54, 1.807) is 0 Å². The summed E-state index contributed by atoms with van der Waals surface area (Å²) in [6, 6.07) is 72.8. The molecule has 9 aromatic carbocycles. The van der Waals surface area contributed by atoms with Crippen LogP contribution >= 0.6 is 11.3 Å². The third kappa shape index (κ3) is 5.70. The lowest BCUT2D eigenvalue weighted by Crippen LogP contribution is -2.10. The number of para-hydroxylation sites is 1. The summed E-state index contributed by atoms with van der Waals surface area (Å²) in [6.45, 7) is 0. The van der Waals surface area contributed by atoms with Gasteiger partial charge >= 0.3 is 0 Å². The van der Waals surface area contributed by atoms with E-state index in [0.717, 1.165) is 61.2 Å². The van der Waals surface area contributed by atoms with Crippen molar-refractivity contribution in [3.63, 3.8) is 0 Å². The zero-order valence-corrected chi connectivity index (χ0v) is 33.1. The summed E-state index contributed by atoms with van der Waals surface area (Å²) in [7, 11) is 0. The van der Waals surface area contributed by atoms with Crippen LogP contribution in [0.3, 0.4) is 0 Å². The number of oxazole rings is 1. The van der Waals surface area contributed by atoms with Gasteiger partial charge in [0.2, 0.25) is 5.89 Å². The van der Waals surface area contributed by atoms with Gasteiger partial charge in [-0.05, 0) is 88.5 Å². The summed E-state index contributed by atoms with van der Waals surface area (Å²) < 4.78 is 15.5. The average Bonchev–Trinajstić information content (AvgIpc) is 4.03. The van der Waals surface area contributed by atoms with Crippen molar-refractivity contribution in [1.29, 1.82) is 0 Å². The first-order valence-electron chi connectivity index (χ1n) is 20.1. The van der Waals surface area contributed by atoms with Gasteiger partial charge in [-0.3, -0.25) is 0 Å². The van der Waals surface area contributed by atoms with Gasteiger partial charge in [0.05, 0.1) is 0 Å². The standard InChI is InChI=1S/C55H34N2O2S/c1-3-13-35(14-4-1)36-25-29-40(30-26-36)57(42-18-11-17-39(33-42)43-21-12-22-45-44-19-8-10-24-50(44)60-54(43)45)41-31-27-37(28-32-41)51-52-46-20-7-9-23-47(46)58-48(52)34-49-53(51)56-55(59-49)38-15-5-2-6-16-38/h1-34H. The lowest BCUT2D eigenvalue weighted by Gasteiger charge is -2.26. The van der Waals surface area contributed by atoms with Crippen LogP contribution in [0.5, 0.6) is 0 Å². The van der Waals surface area contributed by atoms with Gasteiger partial charge in [0.1, 0.15) is 16.7 Å². The monoisotopic (exact) mass is 786 g/mol. The van der Waals surface area contributed by atoms with E-state index in [1.807, 2.05) is 59.9 Å². The highest BCUT2D eigenvalue weighted by Crippen LogP contribution is 2.45. The summed E-state index contributed by atoms with van der Waals surface area (Å²) in [5, 5.41) is 4.66. The Morgan fingerprint density at radius 3 is 1.80 bits per heavy atom. The molecule has 0 aliphatic carbocycles. The van der Waals surface area contributed by atoms with E-state index in [1.165, 1.54) is 42.4 Å². The molecule has 0 amide bonds. The summed E-state index contributed by atoms with van der Waals surface area (Å²) in [5.41, 5.74) is 14.0. The van der Waals surface area contributed by atoms with Gasteiger partial charge in [0.15, 0.2) is 5.58 Å². The van der Waals surface area contributed by atoms with Gasteiger partial charge < -0.3 is 13.7 Å². The minimum atomic E-state index is 0.580. The SMILES string of the molecule is c1ccc(-c2ccc(N(c3ccc(-c4c5nc(-c6ccccc6)oc5cc5oc6ccccc6c45)cc3)c3cccc(-c4cccc5c4sc4ccccc45)c3)cc2)cc1. The van der Waals surface area contributed by atoms with Gasteiger partial charge in [-0.2, -0.15) is 0 Å². The number of rotatable bonds is 7. The normalized spacial score (nSPS) is 11.7. The van der Waals surface area contributed by atoms with Crippen LogP contribution in [-0.4, -0.2) is 4.98 Å². The Morgan fingerprint density at radius 2 is 1.02 bits per heavy atom. The number of thiophene rings is 1. The topological polar surface area (TPSA) is 42.4 Å². The molecule has 12 rings (SSSR count). The van der Waals surface area contributed by atoms with E-state index < -0.39 is 0 Å². The smallest absolute Gasteiger partial charge is 0.227 e. The zero-order valence-electron chi connectivity index (χ0n) is 32.2. The molecule has 0 aliphatic heterocycles. The average molecular weight is 787 g/mol. The third-order valence-electron chi connectivity index (χ3n) is 11.5. The van der Waals surface area contributed by atoms with Gasteiger partial charge in [0.25, 0.3) is 0 Å². The Hall–Kier alpha value is -7.73. The first kappa shape index (κ1) is 34.3. The second-order valence-electron chi connectivity index (χ2n) is 15.1. The largest absolute Gasteiger partial charge is 0.456 e. The number of benzene rings is 9. The molecule has 0 N–H and O–H groups in total. The van der Waals surface area contributed by atoms with Crippen molar-refractivity contribution in [1.82, 2.24) is 4.98 Å². The molecule has 60 heavy (non-hydrogen) atoms. The van der Waals surface area contributed by atoms with E-state index in [9.17, 15) is 0 Å². The second-order valence-corrected chi connectivity index (χ2v) is 16.1. The van der Waals surface area contributed by atoms with Crippen molar-refractivity contribution in [2.24, 2.45) is 0 Å². The van der Waals surface area contributed by atoms with Crippen molar-refractivity contribution < 1.29 is 8.83 Å². The number of hydrogen-bond donors (Lipinski definition) is 0. The lowest BCUT2D eigenvalue weighted by atomic mass is 9.97. The molecule has 0 atom stereocenters. The van der Waals surface area contributed by atoms with Crippen LogP contribution in [-0.2, 0) is 0 Å². The molecule has 3 heterocycles. The molecule has 0 aliphatic rings. The first-order chi connectivity index (χ1) is 29.7. The molecule has 12 aromatic rings. The Bertz CT molecular complexity index is 3530. The predicted octanol–water partition coefficient (Wildman–Crippen LogP) is 16.2. The molecule has 0 saturated carbocycles. The highest BCUT2D eigenvalue weighted by atomic mass is 32.1.